The SMILES string of the molecule is Cc1ccc(NC(=O)c2nnc(CN3CCC[C@@H]4[C@H](O)C(C)(C)[C@@H]43)s2)cc1. The van der Waals surface area contributed by atoms with E-state index in [1.807, 2.05) is 31.2 Å². The summed E-state index contributed by atoms with van der Waals surface area (Å²) in [6, 6.07) is 8.06. The number of carbonyl (C=O) groups excluding carboxylic acids is 1. The third-order valence-corrected chi connectivity index (χ3v) is 6.93. The van der Waals surface area contributed by atoms with Crippen LogP contribution in [0.2, 0.25) is 0 Å². The average Bonchev–Trinajstić information content (AvgIpc) is 3.11. The van der Waals surface area contributed by atoms with Gasteiger partial charge in [-0.05, 0) is 38.4 Å². The second-order valence-electron chi connectivity index (χ2n) is 8.31. The number of likely N-dealkylation sites (tertiary alicyclic amines) is 1. The second-order valence-corrected chi connectivity index (χ2v) is 9.37. The molecule has 1 aliphatic carbocycles. The van der Waals surface area contributed by atoms with Crippen LogP contribution in [0, 0.1) is 18.3 Å². The molecule has 7 heteroatoms. The molecular weight excluding hydrogens is 360 g/mol. The number of aryl methyl sites for hydroxylation is 1. The minimum Gasteiger partial charge on any atom is -0.392 e. The summed E-state index contributed by atoms with van der Waals surface area (Å²) in [4.78, 5) is 14.8. The Morgan fingerprint density at radius 3 is 2.81 bits per heavy atom. The highest BCUT2D eigenvalue weighted by Gasteiger charge is 2.58. The Labute approximate surface area is 163 Å². The zero-order valence-electron chi connectivity index (χ0n) is 16.0. The number of hydrogen-bond donors (Lipinski definition) is 2. The first-order valence-electron chi connectivity index (χ1n) is 9.49. The molecule has 1 saturated carbocycles. The Hall–Kier alpha value is -1.83. The van der Waals surface area contributed by atoms with E-state index in [1.165, 1.54) is 11.3 Å². The minimum absolute atomic E-state index is 0.0958. The molecule has 144 valence electrons. The molecule has 2 fully saturated rings. The van der Waals surface area contributed by atoms with E-state index >= 15 is 0 Å². The number of aliphatic hydroxyl groups is 1. The maximum atomic E-state index is 12.4. The molecule has 0 bridgehead atoms. The number of hydrogen-bond acceptors (Lipinski definition) is 6. The van der Waals surface area contributed by atoms with E-state index in [0.29, 0.717) is 23.5 Å². The Morgan fingerprint density at radius 1 is 1.33 bits per heavy atom. The van der Waals surface area contributed by atoms with Gasteiger partial charge in [-0.15, -0.1) is 10.2 Å². The van der Waals surface area contributed by atoms with Gasteiger partial charge in [0.1, 0.15) is 5.01 Å². The highest BCUT2D eigenvalue weighted by molar-refractivity contribution is 7.13. The molecule has 1 aromatic heterocycles. The molecule has 0 unspecified atom stereocenters. The molecular formula is C20H26N4O2S. The third-order valence-electron chi connectivity index (χ3n) is 6.02. The molecule has 6 nitrogen and oxygen atoms in total. The maximum Gasteiger partial charge on any atom is 0.286 e. The van der Waals surface area contributed by atoms with Gasteiger partial charge >= 0.3 is 0 Å². The highest BCUT2D eigenvalue weighted by atomic mass is 32.1. The van der Waals surface area contributed by atoms with Crippen LogP contribution in [0.1, 0.15) is 47.1 Å². The van der Waals surface area contributed by atoms with Crippen LogP contribution < -0.4 is 5.32 Å². The summed E-state index contributed by atoms with van der Waals surface area (Å²) in [5.41, 5.74) is 1.81. The maximum absolute atomic E-state index is 12.4. The Bertz CT molecular complexity index is 833. The summed E-state index contributed by atoms with van der Waals surface area (Å²) >= 11 is 1.35. The molecule has 0 spiro atoms. The topological polar surface area (TPSA) is 78.4 Å². The van der Waals surface area contributed by atoms with Crippen LogP contribution in [0.5, 0.6) is 0 Å². The number of rotatable bonds is 4. The molecule has 1 aromatic carbocycles. The van der Waals surface area contributed by atoms with Gasteiger partial charge in [-0.25, -0.2) is 0 Å². The van der Waals surface area contributed by atoms with Crippen LogP contribution in [-0.2, 0) is 6.54 Å². The van der Waals surface area contributed by atoms with Gasteiger partial charge in [0.25, 0.3) is 5.91 Å². The van der Waals surface area contributed by atoms with Gasteiger partial charge in [-0.3, -0.25) is 9.69 Å². The van der Waals surface area contributed by atoms with Gasteiger partial charge in [-0.1, -0.05) is 42.9 Å². The molecule has 2 aromatic rings. The van der Waals surface area contributed by atoms with Crippen LogP contribution in [0.3, 0.4) is 0 Å². The molecule has 1 aliphatic heterocycles. The number of nitrogens with zero attached hydrogens (tertiary/aromatic N) is 3. The zero-order valence-corrected chi connectivity index (χ0v) is 16.8. The van der Waals surface area contributed by atoms with Crippen LogP contribution >= 0.6 is 11.3 Å². The van der Waals surface area contributed by atoms with Crippen molar-refractivity contribution in [2.45, 2.75) is 52.3 Å². The van der Waals surface area contributed by atoms with Crippen LogP contribution in [0.4, 0.5) is 5.69 Å². The summed E-state index contributed by atoms with van der Waals surface area (Å²) in [7, 11) is 0. The zero-order chi connectivity index (χ0) is 19.2. The fourth-order valence-corrected chi connectivity index (χ4v) is 5.40. The fraction of sp³-hybridized carbons (Fsp3) is 0.550. The van der Waals surface area contributed by atoms with Gasteiger partial charge in [0.2, 0.25) is 5.01 Å². The lowest BCUT2D eigenvalue weighted by molar-refractivity contribution is -0.194. The average molecular weight is 387 g/mol. The highest BCUT2D eigenvalue weighted by Crippen LogP contribution is 2.52. The predicted octanol–water partition coefficient (Wildman–Crippen LogP) is 3.08. The number of aliphatic hydroxyl groups excluding tert-OH is 1. The largest absolute Gasteiger partial charge is 0.392 e. The first-order chi connectivity index (χ1) is 12.9. The second kappa shape index (κ2) is 6.96. The van der Waals surface area contributed by atoms with Crippen molar-refractivity contribution in [2.24, 2.45) is 11.3 Å². The number of piperidine rings is 1. The Balaban J connectivity index is 1.42. The van der Waals surface area contributed by atoms with Crippen molar-refractivity contribution in [3.8, 4) is 0 Å². The molecule has 2 heterocycles. The lowest BCUT2D eigenvalue weighted by atomic mass is 9.54. The van der Waals surface area contributed by atoms with Gasteiger partial charge in [0.15, 0.2) is 0 Å². The van der Waals surface area contributed by atoms with Crippen LogP contribution in [-0.4, -0.2) is 44.8 Å². The normalized spacial score (nSPS) is 26.9. The summed E-state index contributed by atoms with van der Waals surface area (Å²) in [5, 5.41) is 22.8. The van der Waals surface area contributed by atoms with E-state index < -0.39 is 0 Å². The van der Waals surface area contributed by atoms with E-state index in [1.54, 1.807) is 0 Å². The Morgan fingerprint density at radius 2 is 2.07 bits per heavy atom. The first kappa shape index (κ1) is 18.5. The van der Waals surface area contributed by atoms with Crippen molar-refractivity contribution < 1.29 is 9.90 Å². The lowest BCUT2D eigenvalue weighted by Crippen LogP contribution is -2.69. The third kappa shape index (κ3) is 3.39. The molecule has 3 atom stereocenters. The van der Waals surface area contributed by atoms with Crippen molar-refractivity contribution >= 4 is 22.9 Å². The minimum atomic E-state index is -0.226. The van der Waals surface area contributed by atoms with E-state index in [4.69, 9.17) is 0 Å². The van der Waals surface area contributed by atoms with Crippen molar-refractivity contribution in [1.29, 1.82) is 0 Å². The Kier molecular flexibility index (Phi) is 4.78. The number of carbonyl (C=O) groups is 1. The molecule has 27 heavy (non-hydrogen) atoms. The fourth-order valence-electron chi connectivity index (χ4n) is 4.64. The van der Waals surface area contributed by atoms with Crippen molar-refractivity contribution in [1.82, 2.24) is 15.1 Å². The number of benzene rings is 1. The molecule has 4 rings (SSSR count). The van der Waals surface area contributed by atoms with Crippen LogP contribution in [0.25, 0.3) is 0 Å². The molecule has 0 radical (unpaired) electrons. The standard InChI is InChI=1S/C20H26N4O2S/c1-12-6-8-13(9-7-12)21-18(26)19-23-22-15(27-19)11-24-10-4-5-14-16(24)20(2,3)17(14)25/h6-9,14,16-17,25H,4-5,10-11H2,1-3H3,(H,21,26)/t14-,16+,17-/m0/s1. The number of fused-ring (bicyclic) bond motifs is 1. The van der Waals surface area contributed by atoms with Gasteiger partial charge in [-0.2, -0.15) is 0 Å². The molecule has 1 saturated heterocycles. The van der Waals surface area contributed by atoms with E-state index in [9.17, 15) is 9.90 Å². The van der Waals surface area contributed by atoms with Crippen molar-refractivity contribution in [3.05, 3.63) is 39.8 Å². The van der Waals surface area contributed by atoms with Gasteiger partial charge < -0.3 is 10.4 Å². The summed E-state index contributed by atoms with van der Waals surface area (Å²) in [5.74, 6) is 0.129. The van der Waals surface area contributed by atoms with E-state index in [-0.39, 0.29) is 17.4 Å². The van der Waals surface area contributed by atoms with Crippen molar-refractivity contribution in [3.63, 3.8) is 0 Å². The smallest absolute Gasteiger partial charge is 0.286 e. The molecule has 2 N–H and O–H groups in total. The summed E-state index contributed by atoms with van der Waals surface area (Å²) in [6.45, 7) is 7.97. The summed E-state index contributed by atoms with van der Waals surface area (Å²) in [6.07, 6.45) is 1.95. The van der Waals surface area contributed by atoms with Gasteiger partial charge in [0.05, 0.1) is 12.6 Å². The monoisotopic (exact) mass is 386 g/mol. The quantitative estimate of drug-likeness (QED) is 0.844. The van der Waals surface area contributed by atoms with E-state index in [0.717, 1.165) is 35.6 Å². The summed E-state index contributed by atoms with van der Waals surface area (Å²) < 4.78 is 0. The number of nitrogens with one attached hydrogen (secondary N) is 1. The molecule has 2 aliphatic rings. The number of amides is 1. The lowest BCUT2D eigenvalue weighted by Gasteiger charge is -2.62. The first-order valence-corrected chi connectivity index (χ1v) is 10.3. The van der Waals surface area contributed by atoms with Crippen molar-refractivity contribution in [2.75, 3.05) is 11.9 Å². The number of aromatic nitrogens is 2. The predicted molar refractivity (Wildman–Crippen MR) is 106 cm³/mol. The number of anilines is 1. The molecule has 1 amide bonds. The van der Waals surface area contributed by atoms with Gasteiger partial charge in [0, 0.05) is 23.1 Å². The van der Waals surface area contributed by atoms with Crippen LogP contribution in [0.15, 0.2) is 24.3 Å². The van der Waals surface area contributed by atoms with E-state index in [2.05, 4.69) is 34.3 Å².